The molecule has 0 aliphatic heterocycles. The lowest BCUT2D eigenvalue weighted by atomic mass is 10.3. The van der Waals surface area contributed by atoms with Crippen molar-refractivity contribution in [2.75, 3.05) is 26.4 Å². The molecule has 0 aliphatic carbocycles. The van der Waals surface area contributed by atoms with Gasteiger partial charge in [-0.3, -0.25) is 4.79 Å². The number of ether oxygens (including phenoxy) is 3. The average Bonchev–Trinajstić information content (AvgIpc) is 2.66. The third-order valence-electron chi connectivity index (χ3n) is 3.48. The number of carbonyl (C=O) groups is 1. The maximum atomic E-state index is 12.2. The summed E-state index contributed by atoms with van der Waals surface area (Å²) in [6, 6.07) is 12.9. The minimum atomic E-state index is -3.70. The number of hydrogen-bond donors (Lipinski definition) is 1. The van der Waals surface area contributed by atoms with Crippen molar-refractivity contribution in [1.82, 2.24) is 4.72 Å². The number of nitrogens with one attached hydrogen (secondary N) is 1. The van der Waals surface area contributed by atoms with Crippen molar-refractivity contribution in [3.8, 4) is 11.5 Å². The van der Waals surface area contributed by atoms with Crippen molar-refractivity contribution in [2.24, 2.45) is 0 Å². The standard InChI is InChI=1S/C19H22ClNO6S/c1-2-25-16-6-8-18(9-7-16)28(23,24)21-11-10-19(22)27-13-12-26-17-5-3-4-15(20)14-17/h3-9,14,21H,2,10-13H2,1H3. The third kappa shape index (κ3) is 7.38. The number of rotatable bonds is 11. The molecule has 0 saturated heterocycles. The summed E-state index contributed by atoms with van der Waals surface area (Å²) in [5, 5.41) is 0.550. The van der Waals surface area contributed by atoms with Crippen LogP contribution >= 0.6 is 11.6 Å². The largest absolute Gasteiger partial charge is 0.494 e. The molecule has 0 atom stereocenters. The van der Waals surface area contributed by atoms with E-state index >= 15 is 0 Å². The Bertz CT molecular complexity index is 870. The first-order chi connectivity index (χ1) is 13.4. The molecule has 0 spiro atoms. The van der Waals surface area contributed by atoms with Crippen LogP contribution in [0.15, 0.2) is 53.4 Å². The van der Waals surface area contributed by atoms with Crippen LogP contribution < -0.4 is 14.2 Å². The quantitative estimate of drug-likeness (QED) is 0.438. The smallest absolute Gasteiger partial charge is 0.307 e. The maximum Gasteiger partial charge on any atom is 0.307 e. The minimum Gasteiger partial charge on any atom is -0.494 e. The number of benzene rings is 2. The molecule has 152 valence electrons. The molecule has 2 rings (SSSR count). The Kier molecular flexibility index (Phi) is 8.56. The zero-order valence-electron chi connectivity index (χ0n) is 15.4. The number of hydrogen-bond acceptors (Lipinski definition) is 6. The highest BCUT2D eigenvalue weighted by Gasteiger charge is 2.14. The average molecular weight is 428 g/mol. The molecular weight excluding hydrogens is 406 g/mol. The van der Waals surface area contributed by atoms with Gasteiger partial charge in [0, 0.05) is 11.6 Å². The second-order valence-electron chi connectivity index (χ2n) is 5.58. The van der Waals surface area contributed by atoms with Gasteiger partial charge < -0.3 is 14.2 Å². The lowest BCUT2D eigenvalue weighted by molar-refractivity contribution is -0.144. The Labute approximate surface area is 169 Å². The summed E-state index contributed by atoms with van der Waals surface area (Å²) in [7, 11) is -3.70. The van der Waals surface area contributed by atoms with E-state index in [1.54, 1.807) is 36.4 Å². The van der Waals surface area contributed by atoms with Gasteiger partial charge in [-0.2, -0.15) is 0 Å². The van der Waals surface area contributed by atoms with E-state index in [2.05, 4.69) is 4.72 Å². The summed E-state index contributed by atoms with van der Waals surface area (Å²) < 4.78 is 42.4. The highest BCUT2D eigenvalue weighted by atomic mass is 35.5. The first-order valence-corrected chi connectivity index (χ1v) is 10.5. The lowest BCUT2D eigenvalue weighted by Gasteiger charge is -2.09. The molecule has 0 aliphatic rings. The summed E-state index contributed by atoms with van der Waals surface area (Å²) in [5.41, 5.74) is 0. The monoisotopic (exact) mass is 427 g/mol. The molecule has 1 N–H and O–H groups in total. The summed E-state index contributed by atoms with van der Waals surface area (Å²) in [4.78, 5) is 11.8. The van der Waals surface area contributed by atoms with Gasteiger partial charge in [0.1, 0.15) is 24.7 Å². The molecule has 0 unspecified atom stereocenters. The van der Waals surface area contributed by atoms with E-state index in [1.807, 2.05) is 6.92 Å². The van der Waals surface area contributed by atoms with Crippen LogP contribution in [0.5, 0.6) is 11.5 Å². The summed E-state index contributed by atoms with van der Waals surface area (Å²) in [5.74, 6) is 0.640. The van der Waals surface area contributed by atoms with Crippen LogP contribution in [0.3, 0.4) is 0 Å². The molecule has 2 aromatic carbocycles. The van der Waals surface area contributed by atoms with E-state index in [0.717, 1.165) is 0 Å². The van der Waals surface area contributed by atoms with E-state index in [0.29, 0.717) is 23.1 Å². The normalized spacial score (nSPS) is 11.1. The van der Waals surface area contributed by atoms with E-state index < -0.39 is 16.0 Å². The first-order valence-electron chi connectivity index (χ1n) is 8.67. The molecule has 9 heteroatoms. The molecule has 28 heavy (non-hydrogen) atoms. The molecule has 0 heterocycles. The fourth-order valence-electron chi connectivity index (χ4n) is 2.20. The number of halogens is 1. The van der Waals surface area contributed by atoms with Gasteiger partial charge in [0.2, 0.25) is 10.0 Å². The van der Waals surface area contributed by atoms with Crippen molar-refractivity contribution in [3.63, 3.8) is 0 Å². The number of esters is 1. The van der Waals surface area contributed by atoms with Crippen molar-refractivity contribution in [3.05, 3.63) is 53.6 Å². The van der Waals surface area contributed by atoms with Gasteiger partial charge in [0.25, 0.3) is 0 Å². The lowest BCUT2D eigenvalue weighted by Crippen LogP contribution is -2.27. The second-order valence-corrected chi connectivity index (χ2v) is 7.78. The van der Waals surface area contributed by atoms with Crippen LogP contribution in [0.2, 0.25) is 5.02 Å². The van der Waals surface area contributed by atoms with Crippen LogP contribution in [0.1, 0.15) is 13.3 Å². The first kappa shape index (κ1) is 22.0. The zero-order chi connectivity index (χ0) is 20.4. The molecular formula is C19H22ClNO6S. The zero-order valence-corrected chi connectivity index (χ0v) is 17.0. The Hall–Kier alpha value is -2.29. The molecule has 0 bridgehead atoms. The second kappa shape index (κ2) is 10.9. The maximum absolute atomic E-state index is 12.2. The molecule has 0 radical (unpaired) electrons. The fourth-order valence-corrected chi connectivity index (χ4v) is 3.41. The van der Waals surface area contributed by atoms with Crippen molar-refractivity contribution >= 4 is 27.6 Å². The molecule has 2 aromatic rings. The topological polar surface area (TPSA) is 90.9 Å². The predicted octanol–water partition coefficient (Wildman–Crippen LogP) is 3.03. The van der Waals surface area contributed by atoms with Crippen LogP contribution in [0.25, 0.3) is 0 Å². The van der Waals surface area contributed by atoms with Crippen LogP contribution in [-0.2, 0) is 19.6 Å². The van der Waals surface area contributed by atoms with Gasteiger partial charge in [0.05, 0.1) is 17.9 Å². The predicted molar refractivity (Wildman–Crippen MR) is 105 cm³/mol. The number of sulfonamides is 1. The van der Waals surface area contributed by atoms with Gasteiger partial charge in [0.15, 0.2) is 0 Å². The number of carbonyl (C=O) groups excluding carboxylic acids is 1. The van der Waals surface area contributed by atoms with E-state index in [9.17, 15) is 13.2 Å². The van der Waals surface area contributed by atoms with Gasteiger partial charge in [-0.1, -0.05) is 17.7 Å². The molecule has 0 aromatic heterocycles. The SMILES string of the molecule is CCOc1ccc(S(=O)(=O)NCCC(=O)OCCOc2cccc(Cl)c2)cc1. The Morgan fingerprint density at radius 3 is 2.46 bits per heavy atom. The highest BCUT2D eigenvalue weighted by Crippen LogP contribution is 2.17. The molecule has 0 amide bonds. The van der Waals surface area contributed by atoms with Crippen LogP contribution in [-0.4, -0.2) is 40.8 Å². The van der Waals surface area contributed by atoms with Crippen molar-refractivity contribution in [2.45, 2.75) is 18.2 Å². The summed E-state index contributed by atoms with van der Waals surface area (Å²) in [6.07, 6.45) is -0.0899. The summed E-state index contributed by atoms with van der Waals surface area (Å²) >= 11 is 5.84. The Balaban J connectivity index is 1.67. The molecule has 7 nitrogen and oxygen atoms in total. The Morgan fingerprint density at radius 1 is 1.04 bits per heavy atom. The van der Waals surface area contributed by atoms with E-state index in [-0.39, 0.29) is 31.1 Å². The van der Waals surface area contributed by atoms with Gasteiger partial charge >= 0.3 is 5.97 Å². The summed E-state index contributed by atoms with van der Waals surface area (Å²) in [6.45, 7) is 2.50. The van der Waals surface area contributed by atoms with Gasteiger partial charge in [-0.15, -0.1) is 0 Å². The van der Waals surface area contributed by atoms with E-state index in [4.69, 9.17) is 25.8 Å². The Morgan fingerprint density at radius 2 is 1.79 bits per heavy atom. The molecule has 0 saturated carbocycles. The van der Waals surface area contributed by atoms with E-state index in [1.165, 1.54) is 12.1 Å². The van der Waals surface area contributed by atoms with Crippen LogP contribution in [0.4, 0.5) is 0 Å². The molecule has 0 fully saturated rings. The minimum absolute atomic E-state index is 0.0526. The van der Waals surface area contributed by atoms with Gasteiger partial charge in [-0.05, 0) is 49.4 Å². The highest BCUT2D eigenvalue weighted by molar-refractivity contribution is 7.89. The van der Waals surface area contributed by atoms with Crippen molar-refractivity contribution < 1.29 is 27.4 Å². The van der Waals surface area contributed by atoms with Gasteiger partial charge in [-0.25, -0.2) is 13.1 Å². The van der Waals surface area contributed by atoms with Crippen LogP contribution in [0, 0.1) is 0 Å². The fraction of sp³-hybridized carbons (Fsp3) is 0.316. The third-order valence-corrected chi connectivity index (χ3v) is 5.19. The van der Waals surface area contributed by atoms with Crippen molar-refractivity contribution in [1.29, 1.82) is 0 Å².